The third-order valence-electron chi connectivity index (χ3n) is 2.99. The van der Waals surface area contributed by atoms with Crippen molar-refractivity contribution in [1.29, 1.82) is 0 Å². The van der Waals surface area contributed by atoms with Gasteiger partial charge in [-0.15, -0.1) is 0 Å². The van der Waals surface area contributed by atoms with E-state index in [0.717, 1.165) is 22.6 Å². The van der Waals surface area contributed by atoms with Crippen LogP contribution in [0.1, 0.15) is 56.2 Å². The second kappa shape index (κ2) is 6.93. The van der Waals surface area contributed by atoms with E-state index >= 15 is 0 Å². The molecule has 1 atom stereocenters. The molecule has 1 aromatic rings. The Balaban J connectivity index is 2.52. The molecule has 0 spiro atoms. The van der Waals surface area contributed by atoms with E-state index in [2.05, 4.69) is 6.92 Å². The number of rotatable bonds is 6. The van der Waals surface area contributed by atoms with Crippen LogP contribution >= 0.6 is 11.6 Å². The van der Waals surface area contributed by atoms with Gasteiger partial charge in [0.2, 0.25) is 0 Å². The zero-order valence-corrected chi connectivity index (χ0v) is 11.1. The first-order valence-electron chi connectivity index (χ1n) is 6.17. The highest BCUT2D eigenvalue weighted by Gasteiger charge is 2.10. The van der Waals surface area contributed by atoms with Gasteiger partial charge in [-0.3, -0.25) is 0 Å². The van der Waals surface area contributed by atoms with Gasteiger partial charge in [-0.25, -0.2) is 0 Å². The molecule has 90 valence electrons. The average Bonchev–Trinajstić information content (AvgIpc) is 2.28. The number of nitrogens with two attached hydrogens (primary N) is 1. The van der Waals surface area contributed by atoms with Gasteiger partial charge >= 0.3 is 0 Å². The van der Waals surface area contributed by atoms with E-state index in [1.54, 1.807) is 0 Å². The van der Waals surface area contributed by atoms with Crippen LogP contribution < -0.4 is 5.73 Å². The van der Waals surface area contributed by atoms with Gasteiger partial charge in [0.1, 0.15) is 0 Å². The van der Waals surface area contributed by atoms with Crippen LogP contribution in [0.15, 0.2) is 18.2 Å². The van der Waals surface area contributed by atoms with Crippen molar-refractivity contribution < 1.29 is 0 Å². The number of unbranched alkanes of at least 4 members (excludes halogenated alkanes) is 3. The van der Waals surface area contributed by atoms with Crippen LogP contribution in [0.25, 0.3) is 0 Å². The molecule has 0 fully saturated rings. The molecule has 0 aliphatic heterocycles. The predicted octanol–water partition coefficient (Wildman–Crippen LogP) is 4.62. The van der Waals surface area contributed by atoms with Gasteiger partial charge in [0.05, 0.1) is 0 Å². The van der Waals surface area contributed by atoms with Crippen LogP contribution in [0.5, 0.6) is 0 Å². The van der Waals surface area contributed by atoms with Crippen molar-refractivity contribution >= 4 is 11.6 Å². The minimum atomic E-state index is 0.0873. The van der Waals surface area contributed by atoms with Crippen molar-refractivity contribution in [3.05, 3.63) is 34.3 Å². The summed E-state index contributed by atoms with van der Waals surface area (Å²) in [6.45, 7) is 4.24. The second-order valence-corrected chi connectivity index (χ2v) is 4.81. The average molecular weight is 240 g/mol. The molecule has 0 aromatic heterocycles. The highest BCUT2D eigenvalue weighted by molar-refractivity contribution is 6.32. The van der Waals surface area contributed by atoms with E-state index in [4.69, 9.17) is 17.3 Å². The summed E-state index contributed by atoms with van der Waals surface area (Å²) < 4.78 is 0. The smallest absolute Gasteiger partial charge is 0.0482 e. The topological polar surface area (TPSA) is 26.0 Å². The van der Waals surface area contributed by atoms with Crippen molar-refractivity contribution in [2.45, 2.75) is 52.0 Å². The lowest BCUT2D eigenvalue weighted by Gasteiger charge is -2.14. The van der Waals surface area contributed by atoms with Gasteiger partial charge in [-0.2, -0.15) is 0 Å². The van der Waals surface area contributed by atoms with Crippen LogP contribution in [0.3, 0.4) is 0 Å². The van der Waals surface area contributed by atoms with Crippen LogP contribution in [-0.4, -0.2) is 0 Å². The minimum absolute atomic E-state index is 0.0873. The monoisotopic (exact) mass is 239 g/mol. The lowest BCUT2D eigenvalue weighted by Crippen LogP contribution is -2.11. The maximum Gasteiger partial charge on any atom is 0.0482 e. The Labute approximate surface area is 104 Å². The Morgan fingerprint density at radius 1 is 1.25 bits per heavy atom. The van der Waals surface area contributed by atoms with Crippen molar-refractivity contribution in [3.8, 4) is 0 Å². The molecule has 1 nitrogen and oxygen atoms in total. The van der Waals surface area contributed by atoms with Gasteiger partial charge in [-0.1, -0.05) is 62.4 Å². The summed E-state index contributed by atoms with van der Waals surface area (Å²) in [5, 5.41) is 0.838. The van der Waals surface area contributed by atoms with E-state index in [-0.39, 0.29) is 6.04 Å². The summed E-state index contributed by atoms with van der Waals surface area (Å²) in [4.78, 5) is 0. The van der Waals surface area contributed by atoms with Crippen LogP contribution in [0.2, 0.25) is 5.02 Å². The minimum Gasteiger partial charge on any atom is -0.324 e. The zero-order valence-electron chi connectivity index (χ0n) is 10.3. The first-order chi connectivity index (χ1) is 7.66. The number of halogens is 1. The predicted molar refractivity (Wildman–Crippen MR) is 71.9 cm³/mol. The molecule has 0 amide bonds. The van der Waals surface area contributed by atoms with Crippen molar-refractivity contribution in [1.82, 2.24) is 0 Å². The quantitative estimate of drug-likeness (QED) is 0.721. The summed E-state index contributed by atoms with van der Waals surface area (Å²) in [5.74, 6) is 0. The SMILES string of the molecule is CCCCCCC(N)c1cccc(C)c1Cl. The molecule has 1 rings (SSSR count). The standard InChI is InChI=1S/C14H22ClN/c1-3-4-5-6-10-13(16)12-9-7-8-11(2)14(12)15/h7-9,13H,3-6,10,16H2,1-2H3. The number of hydrogen-bond acceptors (Lipinski definition) is 1. The Hall–Kier alpha value is -0.530. The molecule has 0 heterocycles. The summed E-state index contributed by atoms with van der Waals surface area (Å²) in [6.07, 6.45) is 6.06. The van der Waals surface area contributed by atoms with Crippen LogP contribution in [-0.2, 0) is 0 Å². The van der Waals surface area contributed by atoms with E-state index in [9.17, 15) is 0 Å². The van der Waals surface area contributed by atoms with E-state index in [0.29, 0.717) is 0 Å². The highest BCUT2D eigenvalue weighted by Crippen LogP contribution is 2.27. The molecule has 0 aliphatic rings. The third-order valence-corrected chi connectivity index (χ3v) is 3.51. The molecule has 16 heavy (non-hydrogen) atoms. The number of benzene rings is 1. The van der Waals surface area contributed by atoms with Gasteiger partial charge in [0, 0.05) is 11.1 Å². The summed E-state index contributed by atoms with van der Waals surface area (Å²) >= 11 is 6.25. The Bertz CT molecular complexity index is 323. The number of hydrogen-bond donors (Lipinski definition) is 1. The molecular formula is C14H22ClN. The number of aryl methyl sites for hydroxylation is 1. The Morgan fingerprint density at radius 2 is 2.00 bits per heavy atom. The highest BCUT2D eigenvalue weighted by atomic mass is 35.5. The lowest BCUT2D eigenvalue weighted by atomic mass is 9.99. The molecule has 2 N–H and O–H groups in total. The molecule has 0 radical (unpaired) electrons. The van der Waals surface area contributed by atoms with Crippen molar-refractivity contribution in [2.75, 3.05) is 0 Å². The molecule has 0 aliphatic carbocycles. The maximum absolute atomic E-state index is 6.25. The normalized spacial score (nSPS) is 12.8. The van der Waals surface area contributed by atoms with Gasteiger partial charge < -0.3 is 5.73 Å². The van der Waals surface area contributed by atoms with Gasteiger partial charge in [-0.05, 0) is 24.5 Å². The molecule has 0 saturated heterocycles. The summed E-state index contributed by atoms with van der Waals surface area (Å²) in [7, 11) is 0. The van der Waals surface area contributed by atoms with E-state index in [1.807, 2.05) is 25.1 Å². The van der Waals surface area contributed by atoms with Crippen molar-refractivity contribution in [3.63, 3.8) is 0 Å². The maximum atomic E-state index is 6.25. The van der Waals surface area contributed by atoms with Gasteiger partial charge in [0.15, 0.2) is 0 Å². The third kappa shape index (κ3) is 3.80. The Morgan fingerprint density at radius 3 is 2.69 bits per heavy atom. The first-order valence-corrected chi connectivity index (χ1v) is 6.55. The fourth-order valence-corrected chi connectivity index (χ4v) is 2.17. The Kier molecular flexibility index (Phi) is 5.86. The second-order valence-electron chi connectivity index (χ2n) is 4.43. The molecule has 1 unspecified atom stereocenters. The first kappa shape index (κ1) is 13.5. The molecule has 0 saturated carbocycles. The fraction of sp³-hybridized carbons (Fsp3) is 0.571. The molecule has 0 bridgehead atoms. The fourth-order valence-electron chi connectivity index (χ4n) is 1.90. The summed E-state index contributed by atoms with van der Waals surface area (Å²) in [6, 6.07) is 6.18. The van der Waals surface area contributed by atoms with E-state index in [1.165, 1.54) is 25.7 Å². The van der Waals surface area contributed by atoms with Gasteiger partial charge in [0.25, 0.3) is 0 Å². The molecule has 2 heteroatoms. The lowest BCUT2D eigenvalue weighted by molar-refractivity contribution is 0.566. The van der Waals surface area contributed by atoms with Crippen LogP contribution in [0, 0.1) is 6.92 Å². The summed E-state index contributed by atoms with van der Waals surface area (Å²) in [5.41, 5.74) is 8.37. The van der Waals surface area contributed by atoms with E-state index < -0.39 is 0 Å². The largest absolute Gasteiger partial charge is 0.324 e. The molecular weight excluding hydrogens is 218 g/mol. The van der Waals surface area contributed by atoms with Crippen LogP contribution in [0.4, 0.5) is 0 Å². The van der Waals surface area contributed by atoms with Crippen molar-refractivity contribution in [2.24, 2.45) is 5.73 Å². The molecule has 1 aromatic carbocycles. The zero-order chi connectivity index (χ0) is 12.0.